The van der Waals surface area contributed by atoms with E-state index in [-0.39, 0.29) is 0 Å². The normalized spacial score (nSPS) is 17.9. The zero-order chi connectivity index (χ0) is 14.4. The second kappa shape index (κ2) is 7.12. The van der Waals surface area contributed by atoms with Crippen LogP contribution in [0.25, 0.3) is 0 Å². The molecule has 2 heteroatoms. The number of hydrogen-bond acceptors (Lipinski definition) is 2. The van der Waals surface area contributed by atoms with Crippen molar-refractivity contribution in [2.45, 2.75) is 57.9 Å². The number of nitrogens with one attached hydrogen (secondary N) is 1. The number of benzene rings is 1. The minimum absolute atomic E-state index is 0.383. The van der Waals surface area contributed by atoms with Crippen LogP contribution in [0.1, 0.15) is 51.0 Å². The molecule has 1 saturated carbocycles. The zero-order valence-electron chi connectivity index (χ0n) is 13.4. The molecule has 112 valence electrons. The highest BCUT2D eigenvalue weighted by Crippen LogP contribution is 2.31. The summed E-state index contributed by atoms with van der Waals surface area (Å²) in [5, 5.41) is 3.64. The smallest absolute Gasteiger partial charge is 0.0395 e. The number of rotatable bonds is 6. The fourth-order valence-electron chi connectivity index (χ4n) is 3.57. The Kier molecular flexibility index (Phi) is 5.47. The summed E-state index contributed by atoms with van der Waals surface area (Å²) >= 11 is 0. The van der Waals surface area contributed by atoms with E-state index in [0.29, 0.717) is 5.54 Å². The minimum Gasteiger partial charge on any atom is -0.372 e. The van der Waals surface area contributed by atoms with Crippen molar-refractivity contribution in [3.05, 3.63) is 29.8 Å². The van der Waals surface area contributed by atoms with Crippen LogP contribution in [0.15, 0.2) is 24.3 Å². The van der Waals surface area contributed by atoms with Gasteiger partial charge in [0.1, 0.15) is 0 Å². The van der Waals surface area contributed by atoms with Gasteiger partial charge >= 0.3 is 0 Å². The monoisotopic (exact) mass is 274 g/mol. The summed E-state index contributed by atoms with van der Waals surface area (Å²) < 4.78 is 0. The van der Waals surface area contributed by atoms with Gasteiger partial charge in [-0.1, -0.05) is 37.5 Å². The lowest BCUT2D eigenvalue weighted by Gasteiger charge is -2.39. The van der Waals surface area contributed by atoms with Gasteiger partial charge in [0.2, 0.25) is 0 Å². The number of anilines is 1. The molecule has 1 aliphatic carbocycles. The van der Waals surface area contributed by atoms with E-state index in [1.54, 1.807) is 0 Å². The second-order valence-electron chi connectivity index (χ2n) is 6.21. The lowest BCUT2D eigenvalue weighted by Crippen LogP contribution is -2.47. The summed E-state index contributed by atoms with van der Waals surface area (Å²) in [4.78, 5) is 2.53. The third kappa shape index (κ3) is 3.54. The third-order valence-corrected chi connectivity index (χ3v) is 5.04. The van der Waals surface area contributed by atoms with Crippen LogP contribution in [0.5, 0.6) is 0 Å². The largest absolute Gasteiger partial charge is 0.372 e. The summed E-state index contributed by atoms with van der Waals surface area (Å²) in [6.45, 7) is 6.72. The Hall–Kier alpha value is -1.02. The van der Waals surface area contributed by atoms with Crippen molar-refractivity contribution in [2.75, 3.05) is 25.0 Å². The van der Waals surface area contributed by atoms with Crippen molar-refractivity contribution in [1.82, 2.24) is 5.32 Å². The van der Waals surface area contributed by atoms with Crippen molar-refractivity contribution in [1.29, 1.82) is 0 Å². The lowest BCUT2D eigenvalue weighted by molar-refractivity contribution is 0.232. The summed E-state index contributed by atoms with van der Waals surface area (Å²) in [6, 6.07) is 8.75. The van der Waals surface area contributed by atoms with Gasteiger partial charge in [-0.15, -0.1) is 0 Å². The topological polar surface area (TPSA) is 15.3 Å². The Morgan fingerprint density at radius 1 is 1.15 bits per heavy atom. The first-order chi connectivity index (χ1) is 9.71. The predicted molar refractivity (Wildman–Crippen MR) is 88.6 cm³/mol. The zero-order valence-corrected chi connectivity index (χ0v) is 13.4. The molecule has 0 aliphatic heterocycles. The van der Waals surface area contributed by atoms with Gasteiger partial charge < -0.3 is 10.2 Å². The van der Waals surface area contributed by atoms with Crippen LogP contribution in [0, 0.1) is 6.92 Å². The van der Waals surface area contributed by atoms with Gasteiger partial charge in [0, 0.05) is 24.3 Å². The maximum Gasteiger partial charge on any atom is 0.0395 e. The Balaban J connectivity index is 2.01. The van der Waals surface area contributed by atoms with E-state index in [4.69, 9.17) is 0 Å². The molecule has 2 nitrogen and oxygen atoms in total. The molecule has 0 bridgehead atoms. The number of aryl methyl sites for hydroxylation is 1. The minimum atomic E-state index is 0.383. The summed E-state index contributed by atoms with van der Waals surface area (Å²) in [5.74, 6) is 0. The average Bonchev–Trinajstić information content (AvgIpc) is 2.50. The molecule has 20 heavy (non-hydrogen) atoms. The van der Waals surface area contributed by atoms with Crippen LogP contribution in [0.4, 0.5) is 5.69 Å². The molecule has 0 radical (unpaired) electrons. The molecule has 0 amide bonds. The molecular weight excluding hydrogens is 244 g/mol. The Bertz CT molecular complexity index is 408. The first-order valence-corrected chi connectivity index (χ1v) is 8.20. The molecule has 0 spiro atoms. The standard InChI is InChI=1S/C18H30N2/c1-4-20(17-11-7-6-10-16(17)2)15-14-18(19-3)12-8-5-9-13-18/h6-7,10-11,19H,4-5,8-9,12-15H2,1-3H3. The van der Waals surface area contributed by atoms with E-state index in [1.165, 1.54) is 49.8 Å². The molecule has 1 N–H and O–H groups in total. The summed E-state index contributed by atoms with van der Waals surface area (Å²) in [6.07, 6.45) is 8.13. The van der Waals surface area contributed by atoms with Crippen molar-refractivity contribution in [2.24, 2.45) is 0 Å². The van der Waals surface area contributed by atoms with Gasteiger partial charge in [-0.05, 0) is 51.8 Å². The van der Waals surface area contributed by atoms with E-state index in [1.807, 2.05) is 0 Å². The van der Waals surface area contributed by atoms with E-state index >= 15 is 0 Å². The molecule has 1 aromatic rings. The van der Waals surface area contributed by atoms with Gasteiger partial charge in [0.15, 0.2) is 0 Å². The molecule has 0 saturated heterocycles. The van der Waals surface area contributed by atoms with Crippen LogP contribution in [-0.4, -0.2) is 25.7 Å². The van der Waals surface area contributed by atoms with Crippen molar-refractivity contribution < 1.29 is 0 Å². The Labute approximate surface area is 124 Å². The van der Waals surface area contributed by atoms with Crippen LogP contribution in [0.2, 0.25) is 0 Å². The molecule has 1 fully saturated rings. The van der Waals surface area contributed by atoms with Crippen molar-refractivity contribution in [3.8, 4) is 0 Å². The SMILES string of the molecule is CCN(CCC1(NC)CCCCC1)c1ccccc1C. The predicted octanol–water partition coefficient (Wildman–Crippen LogP) is 4.13. The quantitative estimate of drug-likeness (QED) is 0.839. The highest BCUT2D eigenvalue weighted by molar-refractivity contribution is 5.52. The van der Waals surface area contributed by atoms with Gasteiger partial charge in [-0.3, -0.25) is 0 Å². The lowest BCUT2D eigenvalue weighted by atomic mass is 9.79. The molecule has 2 rings (SSSR count). The van der Waals surface area contributed by atoms with Gasteiger partial charge in [0.25, 0.3) is 0 Å². The molecule has 0 atom stereocenters. The van der Waals surface area contributed by atoms with Crippen molar-refractivity contribution >= 4 is 5.69 Å². The molecular formula is C18H30N2. The first kappa shape index (κ1) is 15.4. The van der Waals surface area contributed by atoms with Crippen LogP contribution >= 0.6 is 0 Å². The van der Waals surface area contributed by atoms with Crippen LogP contribution < -0.4 is 10.2 Å². The van der Waals surface area contributed by atoms with Gasteiger partial charge in [0.05, 0.1) is 0 Å². The Morgan fingerprint density at radius 3 is 2.45 bits per heavy atom. The molecule has 0 aromatic heterocycles. The van der Waals surface area contributed by atoms with Crippen LogP contribution in [0.3, 0.4) is 0 Å². The second-order valence-corrected chi connectivity index (χ2v) is 6.21. The first-order valence-electron chi connectivity index (χ1n) is 8.20. The average molecular weight is 274 g/mol. The third-order valence-electron chi connectivity index (χ3n) is 5.04. The summed E-state index contributed by atoms with van der Waals surface area (Å²) in [5.41, 5.74) is 3.17. The number of nitrogens with zero attached hydrogens (tertiary/aromatic N) is 1. The highest BCUT2D eigenvalue weighted by Gasteiger charge is 2.30. The van der Waals surface area contributed by atoms with E-state index in [9.17, 15) is 0 Å². The maximum atomic E-state index is 3.64. The van der Waals surface area contributed by atoms with E-state index < -0.39 is 0 Å². The molecule has 0 unspecified atom stereocenters. The fourth-order valence-corrected chi connectivity index (χ4v) is 3.57. The number of hydrogen-bond donors (Lipinski definition) is 1. The highest BCUT2D eigenvalue weighted by atomic mass is 15.1. The van der Waals surface area contributed by atoms with E-state index in [0.717, 1.165) is 13.1 Å². The molecule has 1 aliphatic rings. The van der Waals surface area contributed by atoms with Crippen LogP contribution in [-0.2, 0) is 0 Å². The van der Waals surface area contributed by atoms with Gasteiger partial charge in [-0.25, -0.2) is 0 Å². The molecule has 0 heterocycles. The maximum absolute atomic E-state index is 3.64. The molecule has 1 aromatic carbocycles. The van der Waals surface area contributed by atoms with Crippen molar-refractivity contribution in [3.63, 3.8) is 0 Å². The number of para-hydroxylation sites is 1. The van der Waals surface area contributed by atoms with Gasteiger partial charge in [-0.2, -0.15) is 0 Å². The Morgan fingerprint density at radius 2 is 1.85 bits per heavy atom. The summed E-state index contributed by atoms with van der Waals surface area (Å²) in [7, 11) is 2.15. The van der Waals surface area contributed by atoms with E-state index in [2.05, 4.69) is 55.4 Å². The fraction of sp³-hybridized carbons (Fsp3) is 0.667.